The van der Waals surface area contributed by atoms with Crippen molar-refractivity contribution in [2.45, 2.75) is 18.2 Å². The van der Waals surface area contributed by atoms with E-state index in [0.717, 1.165) is 6.42 Å². The molecule has 1 atom stereocenters. The Kier molecular flexibility index (Phi) is 5.47. The highest BCUT2D eigenvalue weighted by Gasteiger charge is 2.29. The van der Waals surface area contributed by atoms with Crippen LogP contribution in [0.1, 0.15) is 13.3 Å². The molecule has 1 fully saturated rings. The monoisotopic (exact) mass is 365 g/mol. The first kappa shape index (κ1) is 18.0. The summed E-state index contributed by atoms with van der Waals surface area (Å²) in [4.78, 5) is 2.36. The van der Waals surface area contributed by atoms with Gasteiger partial charge in [0.2, 0.25) is 10.0 Å². The molecule has 0 bridgehead atoms. The number of benzene rings is 1. The lowest BCUT2D eigenvalue weighted by Gasteiger charge is -2.34. The van der Waals surface area contributed by atoms with Crippen molar-refractivity contribution in [2.24, 2.45) is 5.92 Å². The van der Waals surface area contributed by atoms with Crippen LogP contribution >= 0.6 is 0 Å². The zero-order valence-corrected chi connectivity index (χ0v) is 15.2. The molecule has 2 aliphatic rings. The van der Waals surface area contributed by atoms with Crippen molar-refractivity contribution in [3.05, 3.63) is 18.2 Å². The van der Waals surface area contributed by atoms with E-state index in [1.165, 1.54) is 4.31 Å². The molecule has 3 rings (SSSR count). The number of nitrogens with zero attached hydrogens (tertiary/aromatic N) is 3. The Morgan fingerprint density at radius 1 is 1.16 bits per heavy atom. The summed E-state index contributed by atoms with van der Waals surface area (Å²) in [5.41, 5.74) is 0. The lowest BCUT2D eigenvalue weighted by atomic mass is 10.2. The number of hydrogen-bond acceptors (Lipinski definition) is 6. The van der Waals surface area contributed by atoms with Gasteiger partial charge in [-0.3, -0.25) is 4.90 Å². The first-order chi connectivity index (χ1) is 12.0. The van der Waals surface area contributed by atoms with Crippen LogP contribution in [0.4, 0.5) is 0 Å². The molecule has 0 N–H and O–H groups in total. The van der Waals surface area contributed by atoms with Crippen molar-refractivity contribution in [1.29, 1.82) is 5.26 Å². The predicted molar refractivity (Wildman–Crippen MR) is 92.0 cm³/mol. The second kappa shape index (κ2) is 7.60. The van der Waals surface area contributed by atoms with Gasteiger partial charge in [-0.05, 0) is 19.1 Å². The van der Waals surface area contributed by atoms with Gasteiger partial charge in [-0.15, -0.1) is 0 Å². The number of nitriles is 1. The number of piperazine rings is 1. The van der Waals surface area contributed by atoms with Crippen LogP contribution < -0.4 is 9.47 Å². The van der Waals surface area contributed by atoms with Crippen molar-refractivity contribution in [3.63, 3.8) is 0 Å². The van der Waals surface area contributed by atoms with E-state index < -0.39 is 10.0 Å². The van der Waals surface area contributed by atoms with Crippen LogP contribution in [0.3, 0.4) is 0 Å². The Bertz CT molecular complexity index is 752. The van der Waals surface area contributed by atoms with E-state index in [-0.39, 0.29) is 10.8 Å². The zero-order chi connectivity index (χ0) is 17.9. The SMILES string of the molecule is C[C@@H](C#N)CN1CCN(S(=O)(=O)c2ccc3c(c2)OCCCO3)CC1. The molecule has 0 radical (unpaired) electrons. The average Bonchev–Trinajstić information content (AvgIpc) is 2.86. The van der Waals surface area contributed by atoms with Crippen molar-refractivity contribution in [3.8, 4) is 17.6 Å². The smallest absolute Gasteiger partial charge is 0.243 e. The van der Waals surface area contributed by atoms with E-state index in [2.05, 4.69) is 11.0 Å². The standard InChI is InChI=1S/C17H23N3O4S/c1-14(12-18)13-19-5-7-20(8-6-19)25(21,22)15-3-4-16-17(11-15)24-10-2-9-23-16/h3-4,11,14H,2,5-10,13H2,1H3/t14-/m0/s1. The van der Waals surface area contributed by atoms with E-state index in [9.17, 15) is 8.42 Å². The fourth-order valence-electron chi connectivity index (χ4n) is 3.03. The largest absolute Gasteiger partial charge is 0.490 e. The van der Waals surface area contributed by atoms with Crippen LogP contribution in [0.15, 0.2) is 23.1 Å². The van der Waals surface area contributed by atoms with Crippen molar-refractivity contribution < 1.29 is 17.9 Å². The molecule has 2 heterocycles. The molecule has 1 saturated heterocycles. The summed E-state index contributed by atoms with van der Waals surface area (Å²) in [6, 6.07) is 7.01. The Labute approximate surface area is 148 Å². The fraction of sp³-hybridized carbons (Fsp3) is 0.588. The van der Waals surface area contributed by atoms with E-state index in [1.807, 2.05) is 6.92 Å². The molecule has 0 aliphatic carbocycles. The van der Waals surface area contributed by atoms with Gasteiger partial charge in [0.15, 0.2) is 11.5 Å². The normalized spacial score (nSPS) is 20.5. The third-order valence-corrected chi connectivity index (χ3v) is 6.34. The van der Waals surface area contributed by atoms with Gasteiger partial charge in [-0.1, -0.05) is 0 Å². The second-order valence-corrected chi connectivity index (χ2v) is 8.33. The molecule has 0 unspecified atom stereocenters. The Balaban J connectivity index is 1.70. The van der Waals surface area contributed by atoms with Crippen LogP contribution in [-0.4, -0.2) is 63.6 Å². The van der Waals surface area contributed by atoms with E-state index in [4.69, 9.17) is 14.7 Å². The van der Waals surface area contributed by atoms with Gasteiger partial charge in [0.25, 0.3) is 0 Å². The van der Waals surface area contributed by atoms with Gasteiger partial charge in [0.05, 0.1) is 30.1 Å². The lowest BCUT2D eigenvalue weighted by molar-refractivity contribution is 0.178. The lowest BCUT2D eigenvalue weighted by Crippen LogP contribution is -2.49. The highest BCUT2D eigenvalue weighted by Crippen LogP contribution is 2.33. The minimum absolute atomic E-state index is 0.0510. The van der Waals surface area contributed by atoms with Gasteiger partial charge in [0, 0.05) is 45.2 Å². The fourth-order valence-corrected chi connectivity index (χ4v) is 4.47. The first-order valence-corrected chi connectivity index (χ1v) is 9.96. The maximum atomic E-state index is 12.9. The van der Waals surface area contributed by atoms with Crippen LogP contribution in [0.2, 0.25) is 0 Å². The Hall–Kier alpha value is -1.82. The molecular formula is C17H23N3O4S. The summed E-state index contributed by atoms with van der Waals surface area (Å²) in [7, 11) is -3.56. The van der Waals surface area contributed by atoms with Crippen LogP contribution in [-0.2, 0) is 10.0 Å². The number of ether oxygens (including phenoxy) is 2. The quantitative estimate of drug-likeness (QED) is 0.800. The van der Waals surface area contributed by atoms with Crippen molar-refractivity contribution in [1.82, 2.24) is 9.21 Å². The van der Waals surface area contributed by atoms with Crippen LogP contribution in [0, 0.1) is 17.2 Å². The molecule has 8 heteroatoms. The number of rotatable bonds is 4. The van der Waals surface area contributed by atoms with Crippen molar-refractivity contribution >= 4 is 10.0 Å². The summed E-state index contributed by atoms with van der Waals surface area (Å²) in [5.74, 6) is 1.02. The van der Waals surface area contributed by atoms with E-state index in [1.54, 1.807) is 18.2 Å². The number of hydrogen-bond donors (Lipinski definition) is 0. The van der Waals surface area contributed by atoms with Gasteiger partial charge in [-0.25, -0.2) is 8.42 Å². The van der Waals surface area contributed by atoms with Gasteiger partial charge < -0.3 is 9.47 Å². The molecule has 2 aliphatic heterocycles. The maximum absolute atomic E-state index is 12.9. The van der Waals surface area contributed by atoms with Gasteiger partial charge in [-0.2, -0.15) is 9.57 Å². The first-order valence-electron chi connectivity index (χ1n) is 8.52. The molecule has 1 aromatic rings. The third kappa shape index (κ3) is 4.06. The zero-order valence-electron chi connectivity index (χ0n) is 14.3. The van der Waals surface area contributed by atoms with E-state index >= 15 is 0 Å². The van der Waals surface area contributed by atoms with E-state index in [0.29, 0.717) is 57.4 Å². The predicted octanol–water partition coefficient (Wildman–Crippen LogP) is 1.31. The van der Waals surface area contributed by atoms with Gasteiger partial charge in [0.1, 0.15) is 0 Å². The van der Waals surface area contributed by atoms with Crippen LogP contribution in [0.25, 0.3) is 0 Å². The number of fused-ring (bicyclic) bond motifs is 1. The highest BCUT2D eigenvalue weighted by atomic mass is 32.2. The minimum Gasteiger partial charge on any atom is -0.490 e. The molecule has 0 saturated carbocycles. The van der Waals surface area contributed by atoms with Crippen molar-refractivity contribution in [2.75, 3.05) is 45.9 Å². The Morgan fingerprint density at radius 3 is 2.52 bits per heavy atom. The maximum Gasteiger partial charge on any atom is 0.243 e. The molecule has 0 spiro atoms. The molecule has 136 valence electrons. The minimum atomic E-state index is -3.56. The summed E-state index contributed by atoms with van der Waals surface area (Å²) in [5, 5.41) is 8.91. The average molecular weight is 365 g/mol. The third-order valence-electron chi connectivity index (χ3n) is 4.44. The molecule has 0 aromatic heterocycles. The summed E-state index contributed by atoms with van der Waals surface area (Å²) >= 11 is 0. The second-order valence-electron chi connectivity index (χ2n) is 6.39. The van der Waals surface area contributed by atoms with Crippen LogP contribution in [0.5, 0.6) is 11.5 Å². The summed E-state index contributed by atoms with van der Waals surface area (Å²) < 4.78 is 38.5. The summed E-state index contributed by atoms with van der Waals surface area (Å²) in [6.45, 7) is 5.76. The molecule has 0 amide bonds. The van der Waals surface area contributed by atoms with Gasteiger partial charge >= 0.3 is 0 Å². The number of sulfonamides is 1. The topological polar surface area (TPSA) is 82.9 Å². The summed E-state index contributed by atoms with van der Waals surface area (Å²) in [6.07, 6.45) is 0.778. The molecule has 1 aromatic carbocycles. The molecule has 25 heavy (non-hydrogen) atoms. The highest BCUT2D eigenvalue weighted by molar-refractivity contribution is 7.89. The Morgan fingerprint density at radius 2 is 1.84 bits per heavy atom. The molecule has 7 nitrogen and oxygen atoms in total. The molecular weight excluding hydrogens is 342 g/mol.